The fourth-order valence-corrected chi connectivity index (χ4v) is 5.73. The van der Waals surface area contributed by atoms with Crippen molar-refractivity contribution in [2.75, 3.05) is 13.2 Å². The molecule has 1 amide bonds. The lowest BCUT2D eigenvalue weighted by Crippen LogP contribution is -2.41. The van der Waals surface area contributed by atoms with Crippen molar-refractivity contribution < 1.29 is 19.4 Å². The summed E-state index contributed by atoms with van der Waals surface area (Å²) in [4.78, 5) is 25.8. The number of hydrogen-bond acceptors (Lipinski definition) is 3. The van der Waals surface area contributed by atoms with Gasteiger partial charge in [0.05, 0.1) is 0 Å². The SMILES string of the molecule is C[Si](C)(C)C#Cc1ccc2c(c1)C(COC(=O)N1CCC[C@H]1C(=O)O)c1cc(C#C[Si](C)(C)C)ccc1-2. The van der Waals surface area contributed by atoms with Crippen LogP contribution in [0, 0.1) is 22.9 Å². The number of likely N-dealkylation sites (tertiary alicyclic amines) is 1. The van der Waals surface area contributed by atoms with Crippen molar-refractivity contribution in [3.8, 4) is 34.1 Å². The monoisotopic (exact) mass is 529 g/mol. The molecule has 0 radical (unpaired) electrons. The highest BCUT2D eigenvalue weighted by Crippen LogP contribution is 2.45. The number of amides is 1. The minimum absolute atomic E-state index is 0.136. The van der Waals surface area contributed by atoms with E-state index in [1.807, 2.05) is 0 Å². The van der Waals surface area contributed by atoms with E-state index in [0.717, 1.165) is 33.4 Å². The highest BCUT2D eigenvalue weighted by Gasteiger charge is 2.36. The number of ether oxygens (including phenoxy) is 1. The van der Waals surface area contributed by atoms with E-state index in [-0.39, 0.29) is 12.5 Å². The van der Waals surface area contributed by atoms with Crippen LogP contribution in [0.5, 0.6) is 0 Å². The topological polar surface area (TPSA) is 66.8 Å². The molecule has 2 aromatic rings. The van der Waals surface area contributed by atoms with Crippen LogP contribution in [-0.2, 0) is 9.53 Å². The molecule has 1 aliphatic heterocycles. The third kappa shape index (κ3) is 6.36. The summed E-state index contributed by atoms with van der Waals surface area (Å²) in [5, 5.41) is 9.48. The van der Waals surface area contributed by atoms with Crippen molar-refractivity contribution >= 4 is 28.2 Å². The van der Waals surface area contributed by atoms with Crippen LogP contribution in [-0.4, -0.2) is 57.4 Å². The number of benzene rings is 2. The molecule has 1 fully saturated rings. The summed E-state index contributed by atoms with van der Waals surface area (Å²) in [7, 11) is -3.07. The number of nitrogens with zero attached hydrogens (tertiary/aromatic N) is 1. The molecule has 5 nitrogen and oxygen atoms in total. The first-order chi connectivity index (χ1) is 17.3. The first-order valence-electron chi connectivity index (χ1n) is 12.8. The fraction of sp³-hybridized carbons (Fsp3) is 0.400. The van der Waals surface area contributed by atoms with Gasteiger partial charge in [0, 0.05) is 23.6 Å². The molecule has 37 heavy (non-hydrogen) atoms. The van der Waals surface area contributed by atoms with Gasteiger partial charge < -0.3 is 9.84 Å². The van der Waals surface area contributed by atoms with Crippen molar-refractivity contribution in [3.05, 3.63) is 58.7 Å². The summed E-state index contributed by atoms with van der Waals surface area (Å²) in [5.74, 6) is 5.55. The van der Waals surface area contributed by atoms with E-state index >= 15 is 0 Å². The van der Waals surface area contributed by atoms with Gasteiger partial charge in [0.15, 0.2) is 0 Å². The minimum Gasteiger partial charge on any atom is -0.480 e. The zero-order chi connectivity index (χ0) is 27.0. The van der Waals surface area contributed by atoms with Gasteiger partial charge in [-0.25, -0.2) is 9.59 Å². The largest absolute Gasteiger partial charge is 0.480 e. The summed E-state index contributed by atoms with van der Waals surface area (Å²) >= 11 is 0. The van der Waals surface area contributed by atoms with Crippen LogP contribution in [0.25, 0.3) is 11.1 Å². The Labute approximate surface area is 222 Å². The summed E-state index contributed by atoms with van der Waals surface area (Å²) in [5.41, 5.74) is 13.2. The number of rotatable bonds is 3. The summed E-state index contributed by atoms with van der Waals surface area (Å²) in [6.45, 7) is 13.9. The van der Waals surface area contributed by atoms with Gasteiger partial charge in [0.1, 0.15) is 28.8 Å². The summed E-state index contributed by atoms with van der Waals surface area (Å²) < 4.78 is 5.78. The van der Waals surface area contributed by atoms with Gasteiger partial charge in [-0.15, -0.1) is 11.1 Å². The van der Waals surface area contributed by atoms with Crippen molar-refractivity contribution in [2.24, 2.45) is 0 Å². The number of carbonyl (C=O) groups excluding carboxylic acids is 1. The molecule has 0 aromatic heterocycles. The molecule has 0 bridgehead atoms. The lowest BCUT2D eigenvalue weighted by Gasteiger charge is -2.22. The smallest absolute Gasteiger partial charge is 0.410 e. The van der Waals surface area contributed by atoms with Crippen molar-refractivity contribution in [1.82, 2.24) is 4.90 Å². The Morgan fingerprint density at radius 1 is 0.919 bits per heavy atom. The van der Waals surface area contributed by atoms with Crippen LogP contribution in [0.2, 0.25) is 39.3 Å². The number of carboxylic acid groups (broad SMARTS) is 1. The third-order valence-electron chi connectivity index (χ3n) is 6.45. The van der Waals surface area contributed by atoms with E-state index in [9.17, 15) is 14.7 Å². The van der Waals surface area contributed by atoms with Gasteiger partial charge in [-0.3, -0.25) is 4.90 Å². The molecule has 2 aliphatic rings. The molecular weight excluding hydrogens is 495 g/mol. The standard InChI is InChI=1S/C30H35NO4Si2/c1-36(2,3)16-13-21-9-11-23-24-12-10-22(14-17-37(4,5)6)19-26(24)27(25(23)18-21)20-35-30(34)31-15-7-8-28(31)29(32)33/h9-12,18-19,27-28H,7-8,15,20H2,1-6H3,(H,32,33)/t28-/m0/s1. The predicted octanol–water partition coefficient (Wildman–Crippen LogP) is 5.94. The maximum atomic E-state index is 12.9. The number of fused-ring (bicyclic) bond motifs is 3. The van der Waals surface area contributed by atoms with E-state index < -0.39 is 34.3 Å². The second kappa shape index (κ2) is 10.2. The Morgan fingerprint density at radius 2 is 1.43 bits per heavy atom. The Bertz CT molecular complexity index is 1280. The quantitative estimate of drug-likeness (QED) is 0.395. The molecule has 192 valence electrons. The summed E-state index contributed by atoms with van der Waals surface area (Å²) in [6, 6.07) is 11.8. The maximum Gasteiger partial charge on any atom is 0.410 e. The van der Waals surface area contributed by atoms with E-state index in [4.69, 9.17) is 4.74 Å². The average molecular weight is 530 g/mol. The number of carbonyl (C=O) groups is 2. The van der Waals surface area contributed by atoms with E-state index in [1.165, 1.54) is 4.90 Å². The molecule has 1 aliphatic carbocycles. The first-order valence-corrected chi connectivity index (χ1v) is 19.8. The van der Waals surface area contributed by atoms with Gasteiger partial charge in [-0.05, 0) is 59.4 Å². The number of aliphatic carboxylic acids is 1. The van der Waals surface area contributed by atoms with Crippen molar-refractivity contribution in [2.45, 2.75) is 64.1 Å². The maximum absolute atomic E-state index is 12.9. The molecule has 4 rings (SSSR count). The normalized spacial score (nSPS) is 16.7. The van der Waals surface area contributed by atoms with Crippen LogP contribution in [0.3, 0.4) is 0 Å². The van der Waals surface area contributed by atoms with Crippen LogP contribution >= 0.6 is 0 Å². The zero-order valence-corrected chi connectivity index (χ0v) is 24.6. The molecule has 1 heterocycles. The number of hydrogen-bond donors (Lipinski definition) is 1. The second-order valence-corrected chi connectivity index (χ2v) is 21.4. The van der Waals surface area contributed by atoms with Gasteiger partial charge in [-0.2, -0.15) is 0 Å². The molecule has 1 saturated heterocycles. The van der Waals surface area contributed by atoms with Crippen LogP contribution in [0.4, 0.5) is 4.79 Å². The molecule has 0 spiro atoms. The van der Waals surface area contributed by atoms with Gasteiger partial charge in [-0.1, -0.05) is 63.3 Å². The predicted molar refractivity (Wildman–Crippen MR) is 153 cm³/mol. The van der Waals surface area contributed by atoms with Gasteiger partial charge in [0.25, 0.3) is 0 Å². The molecule has 2 aromatic carbocycles. The lowest BCUT2D eigenvalue weighted by atomic mass is 9.96. The fourth-order valence-electron chi connectivity index (χ4n) is 4.69. The molecule has 1 atom stereocenters. The third-order valence-corrected chi connectivity index (χ3v) is 8.20. The van der Waals surface area contributed by atoms with Crippen molar-refractivity contribution in [1.29, 1.82) is 0 Å². The first kappa shape index (κ1) is 26.8. The van der Waals surface area contributed by atoms with E-state index in [2.05, 4.69) is 98.6 Å². The van der Waals surface area contributed by atoms with E-state index in [1.54, 1.807) is 0 Å². The van der Waals surface area contributed by atoms with Gasteiger partial charge in [0.2, 0.25) is 0 Å². The molecule has 7 heteroatoms. The number of carboxylic acids is 1. The van der Waals surface area contributed by atoms with Crippen LogP contribution in [0.15, 0.2) is 36.4 Å². The van der Waals surface area contributed by atoms with E-state index in [0.29, 0.717) is 19.4 Å². The van der Waals surface area contributed by atoms with Crippen LogP contribution < -0.4 is 0 Å². The van der Waals surface area contributed by atoms with Crippen LogP contribution in [0.1, 0.15) is 41.0 Å². The van der Waals surface area contributed by atoms with Gasteiger partial charge >= 0.3 is 12.1 Å². The summed E-state index contributed by atoms with van der Waals surface area (Å²) in [6.07, 6.45) is 0.557. The minimum atomic E-state index is -1.54. The molecular formula is C30H35NO4Si2. The molecule has 0 saturated carbocycles. The van der Waals surface area contributed by atoms with Crippen molar-refractivity contribution in [3.63, 3.8) is 0 Å². The average Bonchev–Trinajstić information content (AvgIpc) is 3.42. The lowest BCUT2D eigenvalue weighted by molar-refractivity contribution is -0.141. The Balaban J connectivity index is 1.69. The Hall–Kier alpha value is -3.27. The zero-order valence-electron chi connectivity index (χ0n) is 22.6. The molecule has 1 N–H and O–H groups in total. The highest BCUT2D eigenvalue weighted by atomic mass is 28.3. The Kier molecular flexibility index (Phi) is 7.41. The highest BCUT2D eigenvalue weighted by molar-refractivity contribution is 6.84. The Morgan fingerprint density at radius 3 is 1.89 bits per heavy atom. The molecule has 0 unspecified atom stereocenters. The second-order valence-electron chi connectivity index (χ2n) is 11.9.